The van der Waals surface area contributed by atoms with Gasteiger partial charge in [0, 0.05) is 16.4 Å². The van der Waals surface area contributed by atoms with E-state index in [1.54, 1.807) is 11.3 Å². The molecule has 9 heteroatoms. The van der Waals surface area contributed by atoms with E-state index in [9.17, 15) is 0 Å². The summed E-state index contributed by atoms with van der Waals surface area (Å²) in [4.78, 5) is 7.24. The molecule has 0 saturated heterocycles. The predicted molar refractivity (Wildman–Crippen MR) is 124 cm³/mol. The Kier molecular flexibility index (Phi) is 5.02. The number of aryl methyl sites for hydroxylation is 3. The van der Waals surface area contributed by atoms with Crippen LogP contribution in [0, 0.1) is 20.8 Å². The highest BCUT2D eigenvalue weighted by Crippen LogP contribution is 2.35. The molecule has 31 heavy (non-hydrogen) atoms. The summed E-state index contributed by atoms with van der Waals surface area (Å²) in [6.45, 7) is 10.6. The Balaban J connectivity index is 1.49. The standard InChI is InChI=1S/C22H22N6OS2/c1-11(2)18-23-21-17(13(4)14(5)31-21)19-25-27-22(28(18)19)30-10-16-24-26-20(29-16)15-8-6-12(3)7-9-15/h6-9,11H,10H2,1-5H3. The van der Waals surface area contributed by atoms with Crippen molar-refractivity contribution in [3.05, 3.63) is 52.0 Å². The van der Waals surface area contributed by atoms with Crippen LogP contribution in [-0.4, -0.2) is 29.8 Å². The van der Waals surface area contributed by atoms with Gasteiger partial charge in [0.1, 0.15) is 10.7 Å². The van der Waals surface area contributed by atoms with E-state index in [0.29, 0.717) is 17.5 Å². The Bertz CT molecular complexity index is 1400. The monoisotopic (exact) mass is 450 g/mol. The summed E-state index contributed by atoms with van der Waals surface area (Å²) in [6, 6.07) is 8.04. The highest BCUT2D eigenvalue weighted by atomic mass is 32.2. The van der Waals surface area contributed by atoms with E-state index in [-0.39, 0.29) is 5.92 Å². The van der Waals surface area contributed by atoms with Crippen molar-refractivity contribution in [3.63, 3.8) is 0 Å². The van der Waals surface area contributed by atoms with Gasteiger partial charge in [0.05, 0.1) is 11.1 Å². The van der Waals surface area contributed by atoms with Crippen LogP contribution in [0.5, 0.6) is 0 Å². The average molecular weight is 451 g/mol. The third-order valence-electron chi connectivity index (χ3n) is 5.28. The fourth-order valence-electron chi connectivity index (χ4n) is 3.48. The molecule has 4 aromatic heterocycles. The molecular formula is C22H22N6OS2. The zero-order valence-corrected chi connectivity index (χ0v) is 19.6. The SMILES string of the molecule is Cc1ccc(-c2nnc(CSc3nnc4c5c(C)c(C)sc5nc(C(C)C)n34)o2)cc1. The molecule has 4 heterocycles. The minimum Gasteiger partial charge on any atom is -0.420 e. The third-order valence-corrected chi connectivity index (χ3v) is 7.29. The number of thioether (sulfide) groups is 1. The topological polar surface area (TPSA) is 82.0 Å². The van der Waals surface area contributed by atoms with Gasteiger partial charge in [-0.3, -0.25) is 4.40 Å². The lowest BCUT2D eigenvalue weighted by Crippen LogP contribution is -2.04. The smallest absolute Gasteiger partial charge is 0.247 e. The van der Waals surface area contributed by atoms with E-state index in [2.05, 4.69) is 59.4 Å². The van der Waals surface area contributed by atoms with Gasteiger partial charge in [-0.2, -0.15) is 0 Å². The van der Waals surface area contributed by atoms with Crippen molar-refractivity contribution >= 4 is 39.0 Å². The quantitative estimate of drug-likeness (QED) is 0.316. The van der Waals surface area contributed by atoms with Crippen LogP contribution in [0.2, 0.25) is 0 Å². The second-order valence-electron chi connectivity index (χ2n) is 7.89. The first-order valence-corrected chi connectivity index (χ1v) is 11.9. The number of thiophene rings is 1. The number of fused-ring (bicyclic) bond motifs is 3. The second-order valence-corrected chi connectivity index (χ2v) is 10.0. The second kappa shape index (κ2) is 7.72. The van der Waals surface area contributed by atoms with E-state index < -0.39 is 0 Å². The van der Waals surface area contributed by atoms with Gasteiger partial charge in [-0.25, -0.2) is 4.98 Å². The normalized spacial score (nSPS) is 11.9. The van der Waals surface area contributed by atoms with Gasteiger partial charge in [-0.05, 0) is 38.5 Å². The van der Waals surface area contributed by atoms with Gasteiger partial charge >= 0.3 is 0 Å². The molecule has 0 aliphatic heterocycles. The lowest BCUT2D eigenvalue weighted by molar-refractivity contribution is 0.528. The van der Waals surface area contributed by atoms with Crippen molar-refractivity contribution in [1.82, 2.24) is 29.8 Å². The summed E-state index contributed by atoms with van der Waals surface area (Å²) >= 11 is 3.24. The van der Waals surface area contributed by atoms with E-state index in [4.69, 9.17) is 9.40 Å². The molecule has 0 saturated carbocycles. The number of hydrogen-bond acceptors (Lipinski definition) is 8. The zero-order valence-electron chi connectivity index (χ0n) is 18.0. The van der Waals surface area contributed by atoms with Crippen molar-refractivity contribution in [3.8, 4) is 11.5 Å². The summed E-state index contributed by atoms with van der Waals surface area (Å²) < 4.78 is 7.95. The first-order valence-electron chi connectivity index (χ1n) is 10.1. The van der Waals surface area contributed by atoms with Crippen LogP contribution in [0.4, 0.5) is 0 Å². The molecule has 0 fully saturated rings. The molecule has 5 rings (SSSR count). The summed E-state index contributed by atoms with van der Waals surface area (Å²) in [7, 11) is 0. The molecule has 0 aliphatic carbocycles. The van der Waals surface area contributed by atoms with Crippen LogP contribution in [0.1, 0.15) is 47.5 Å². The number of benzene rings is 1. The highest BCUT2D eigenvalue weighted by Gasteiger charge is 2.21. The molecule has 5 aromatic rings. The molecule has 0 N–H and O–H groups in total. The molecule has 1 aromatic carbocycles. The van der Waals surface area contributed by atoms with Crippen LogP contribution in [0.25, 0.3) is 27.3 Å². The van der Waals surface area contributed by atoms with Crippen molar-refractivity contribution in [2.45, 2.75) is 51.4 Å². The van der Waals surface area contributed by atoms with Gasteiger partial charge in [0.15, 0.2) is 10.8 Å². The van der Waals surface area contributed by atoms with Crippen molar-refractivity contribution in [2.24, 2.45) is 0 Å². The fourth-order valence-corrected chi connectivity index (χ4v) is 5.28. The van der Waals surface area contributed by atoms with E-state index in [1.807, 2.05) is 24.3 Å². The van der Waals surface area contributed by atoms with Crippen LogP contribution < -0.4 is 0 Å². The van der Waals surface area contributed by atoms with Crippen LogP contribution in [-0.2, 0) is 5.75 Å². The van der Waals surface area contributed by atoms with Gasteiger partial charge in [-0.15, -0.1) is 31.7 Å². The fraction of sp³-hybridized carbons (Fsp3) is 0.318. The Hall–Kier alpha value is -2.78. The summed E-state index contributed by atoms with van der Waals surface area (Å²) in [5, 5.41) is 19.3. The molecule has 0 amide bonds. The van der Waals surface area contributed by atoms with Crippen LogP contribution >= 0.6 is 23.1 Å². The molecule has 0 spiro atoms. The van der Waals surface area contributed by atoms with Crippen molar-refractivity contribution < 1.29 is 4.42 Å². The van der Waals surface area contributed by atoms with Crippen molar-refractivity contribution in [1.29, 1.82) is 0 Å². The molecule has 0 aliphatic rings. The maximum absolute atomic E-state index is 5.88. The maximum Gasteiger partial charge on any atom is 0.247 e. The van der Waals surface area contributed by atoms with Gasteiger partial charge in [0.25, 0.3) is 0 Å². The molecule has 0 radical (unpaired) electrons. The third kappa shape index (κ3) is 3.51. The molecule has 0 unspecified atom stereocenters. The Morgan fingerprint density at radius 3 is 2.55 bits per heavy atom. The number of aromatic nitrogens is 6. The number of hydrogen-bond donors (Lipinski definition) is 0. The number of nitrogens with zero attached hydrogens (tertiary/aromatic N) is 6. The van der Waals surface area contributed by atoms with Crippen molar-refractivity contribution in [2.75, 3.05) is 0 Å². The molecule has 7 nitrogen and oxygen atoms in total. The lowest BCUT2D eigenvalue weighted by Gasteiger charge is -2.10. The van der Waals surface area contributed by atoms with E-state index in [0.717, 1.165) is 32.4 Å². The maximum atomic E-state index is 5.88. The largest absolute Gasteiger partial charge is 0.420 e. The van der Waals surface area contributed by atoms with Crippen LogP contribution in [0.15, 0.2) is 33.8 Å². The Labute approximate surface area is 187 Å². The van der Waals surface area contributed by atoms with E-state index >= 15 is 0 Å². The zero-order chi connectivity index (χ0) is 21.7. The lowest BCUT2D eigenvalue weighted by atomic mass is 10.1. The molecule has 0 atom stereocenters. The van der Waals surface area contributed by atoms with E-state index in [1.165, 1.54) is 27.8 Å². The van der Waals surface area contributed by atoms with Crippen LogP contribution in [0.3, 0.4) is 0 Å². The molecule has 0 bridgehead atoms. The highest BCUT2D eigenvalue weighted by molar-refractivity contribution is 7.98. The Morgan fingerprint density at radius 2 is 1.81 bits per heavy atom. The first-order chi connectivity index (χ1) is 14.9. The van der Waals surface area contributed by atoms with Gasteiger partial charge in [0.2, 0.25) is 11.8 Å². The molecule has 158 valence electrons. The predicted octanol–water partition coefficient (Wildman–Crippen LogP) is 5.73. The minimum atomic E-state index is 0.238. The minimum absolute atomic E-state index is 0.238. The van der Waals surface area contributed by atoms with Gasteiger partial charge < -0.3 is 4.42 Å². The Morgan fingerprint density at radius 1 is 1.03 bits per heavy atom. The summed E-state index contributed by atoms with van der Waals surface area (Å²) in [5.74, 6) is 2.79. The first kappa shape index (κ1) is 20.1. The molecular weight excluding hydrogens is 428 g/mol. The summed E-state index contributed by atoms with van der Waals surface area (Å²) in [6.07, 6.45) is 0. The number of rotatable bonds is 5. The average Bonchev–Trinajstić information content (AvgIpc) is 3.44. The van der Waals surface area contributed by atoms with Gasteiger partial charge in [-0.1, -0.05) is 43.3 Å². The summed E-state index contributed by atoms with van der Waals surface area (Å²) in [5.41, 5.74) is 4.19.